The highest BCUT2D eigenvalue weighted by Crippen LogP contribution is 2.28. The number of carbonyl (C=O) groups is 1. The zero-order valence-corrected chi connectivity index (χ0v) is 19.4. The van der Waals surface area contributed by atoms with Gasteiger partial charge in [0.05, 0.1) is 11.8 Å². The van der Waals surface area contributed by atoms with Gasteiger partial charge in [-0.15, -0.1) is 10.2 Å². The standard InChI is InChI=1S/C23H19Cl2N5OS/c1-15(19-10-9-17(24)12-20(19)25)27-21(31)14-32-23-29-28-22(16-6-5-11-26-13-16)30(23)18-7-3-2-4-8-18/h2-13,15H,14H2,1H3,(H,27,31). The minimum absolute atomic E-state index is 0.140. The van der Waals surface area contributed by atoms with E-state index in [4.69, 9.17) is 23.2 Å². The van der Waals surface area contributed by atoms with Gasteiger partial charge in [-0.1, -0.05) is 59.2 Å². The first-order valence-corrected chi connectivity index (χ1v) is 11.6. The number of para-hydroxylation sites is 1. The van der Waals surface area contributed by atoms with Crippen molar-refractivity contribution in [1.29, 1.82) is 0 Å². The van der Waals surface area contributed by atoms with Crippen LogP contribution in [0.2, 0.25) is 10.0 Å². The summed E-state index contributed by atoms with van der Waals surface area (Å²) >= 11 is 13.5. The van der Waals surface area contributed by atoms with Crippen molar-refractivity contribution in [3.05, 3.63) is 88.7 Å². The summed E-state index contributed by atoms with van der Waals surface area (Å²) in [7, 11) is 0. The third-order valence-electron chi connectivity index (χ3n) is 4.71. The fourth-order valence-corrected chi connectivity index (χ4v) is 4.53. The number of pyridine rings is 1. The van der Waals surface area contributed by atoms with Gasteiger partial charge in [0.15, 0.2) is 11.0 Å². The van der Waals surface area contributed by atoms with Crippen LogP contribution in [-0.4, -0.2) is 31.4 Å². The van der Waals surface area contributed by atoms with E-state index in [1.165, 1.54) is 11.8 Å². The van der Waals surface area contributed by atoms with E-state index in [1.807, 2.05) is 60.0 Å². The topological polar surface area (TPSA) is 72.7 Å². The van der Waals surface area contributed by atoms with Crippen molar-refractivity contribution < 1.29 is 4.79 Å². The van der Waals surface area contributed by atoms with Crippen molar-refractivity contribution in [3.63, 3.8) is 0 Å². The molecular weight excluding hydrogens is 465 g/mol. The Labute approximate surface area is 200 Å². The van der Waals surface area contributed by atoms with Gasteiger partial charge in [0, 0.05) is 33.7 Å². The molecule has 2 aromatic carbocycles. The Kier molecular flexibility index (Phi) is 7.09. The maximum atomic E-state index is 12.6. The van der Waals surface area contributed by atoms with E-state index in [1.54, 1.807) is 24.5 Å². The predicted octanol–water partition coefficient (Wildman–Crippen LogP) is 5.61. The summed E-state index contributed by atoms with van der Waals surface area (Å²) in [6, 6.07) is 18.5. The number of hydrogen-bond acceptors (Lipinski definition) is 5. The number of aromatic nitrogens is 4. The molecule has 32 heavy (non-hydrogen) atoms. The van der Waals surface area contributed by atoms with Crippen molar-refractivity contribution in [3.8, 4) is 17.1 Å². The molecule has 0 aliphatic heterocycles. The largest absolute Gasteiger partial charge is 0.349 e. The second-order valence-corrected chi connectivity index (χ2v) is 8.75. The molecule has 0 saturated carbocycles. The first-order valence-electron chi connectivity index (χ1n) is 9.81. The van der Waals surface area contributed by atoms with Gasteiger partial charge in [-0.3, -0.25) is 14.3 Å². The van der Waals surface area contributed by atoms with Crippen LogP contribution in [0.25, 0.3) is 17.1 Å². The van der Waals surface area contributed by atoms with Crippen LogP contribution in [0.15, 0.2) is 78.2 Å². The highest BCUT2D eigenvalue weighted by molar-refractivity contribution is 7.99. The monoisotopic (exact) mass is 483 g/mol. The molecule has 1 N–H and O–H groups in total. The van der Waals surface area contributed by atoms with E-state index in [0.29, 0.717) is 21.0 Å². The van der Waals surface area contributed by atoms with E-state index in [9.17, 15) is 4.79 Å². The number of thioether (sulfide) groups is 1. The number of amides is 1. The van der Waals surface area contributed by atoms with E-state index in [0.717, 1.165) is 16.8 Å². The minimum atomic E-state index is -0.259. The number of nitrogens with one attached hydrogen (secondary N) is 1. The number of nitrogens with zero attached hydrogens (tertiary/aromatic N) is 4. The van der Waals surface area contributed by atoms with E-state index >= 15 is 0 Å². The lowest BCUT2D eigenvalue weighted by Gasteiger charge is -2.16. The van der Waals surface area contributed by atoms with Gasteiger partial charge in [-0.2, -0.15) is 0 Å². The molecule has 162 valence electrons. The second-order valence-electron chi connectivity index (χ2n) is 6.96. The first-order chi connectivity index (χ1) is 15.5. The van der Waals surface area contributed by atoms with Crippen LogP contribution in [-0.2, 0) is 4.79 Å². The highest BCUT2D eigenvalue weighted by atomic mass is 35.5. The molecule has 0 aliphatic carbocycles. The van der Waals surface area contributed by atoms with Gasteiger partial charge >= 0.3 is 0 Å². The highest BCUT2D eigenvalue weighted by Gasteiger charge is 2.18. The van der Waals surface area contributed by atoms with E-state index in [-0.39, 0.29) is 17.7 Å². The molecule has 2 aromatic heterocycles. The van der Waals surface area contributed by atoms with E-state index in [2.05, 4.69) is 20.5 Å². The smallest absolute Gasteiger partial charge is 0.230 e. The predicted molar refractivity (Wildman–Crippen MR) is 128 cm³/mol. The van der Waals surface area contributed by atoms with Gasteiger partial charge in [0.2, 0.25) is 5.91 Å². The third kappa shape index (κ3) is 5.12. The SMILES string of the molecule is CC(NC(=O)CSc1nnc(-c2cccnc2)n1-c1ccccc1)c1ccc(Cl)cc1Cl. The number of carbonyl (C=O) groups excluding carboxylic acids is 1. The minimum Gasteiger partial charge on any atom is -0.349 e. The van der Waals surface area contributed by atoms with E-state index < -0.39 is 0 Å². The quantitative estimate of drug-likeness (QED) is 0.346. The third-order valence-corrected chi connectivity index (χ3v) is 6.20. The molecule has 0 aliphatic rings. The summed E-state index contributed by atoms with van der Waals surface area (Å²) in [6.07, 6.45) is 3.45. The van der Waals surface area contributed by atoms with Crippen LogP contribution >= 0.6 is 35.0 Å². The molecule has 2 heterocycles. The zero-order chi connectivity index (χ0) is 22.5. The first kappa shape index (κ1) is 22.3. The van der Waals surface area contributed by atoms with Crippen LogP contribution in [0.1, 0.15) is 18.5 Å². The Bertz CT molecular complexity index is 1220. The molecule has 0 bridgehead atoms. The fraction of sp³-hybridized carbons (Fsp3) is 0.130. The molecule has 4 rings (SSSR count). The summed E-state index contributed by atoms with van der Waals surface area (Å²) in [5.41, 5.74) is 2.55. The average Bonchev–Trinajstić information content (AvgIpc) is 3.23. The summed E-state index contributed by atoms with van der Waals surface area (Å²) in [5.74, 6) is 0.695. The maximum Gasteiger partial charge on any atom is 0.230 e. The molecule has 9 heteroatoms. The van der Waals surface area contributed by atoms with Crippen LogP contribution in [0, 0.1) is 0 Å². The van der Waals surface area contributed by atoms with Gasteiger partial charge in [-0.25, -0.2) is 0 Å². The second kappa shape index (κ2) is 10.2. The van der Waals surface area contributed by atoms with Crippen LogP contribution < -0.4 is 5.32 Å². The molecule has 0 radical (unpaired) electrons. The zero-order valence-electron chi connectivity index (χ0n) is 17.1. The summed E-state index contributed by atoms with van der Waals surface area (Å²) in [5, 5.41) is 13.3. The summed E-state index contributed by atoms with van der Waals surface area (Å²) in [4.78, 5) is 16.8. The molecule has 6 nitrogen and oxygen atoms in total. The van der Waals surface area contributed by atoms with Crippen molar-refractivity contribution in [2.24, 2.45) is 0 Å². The molecule has 4 aromatic rings. The normalized spacial score (nSPS) is 11.8. The molecule has 0 saturated heterocycles. The molecule has 0 spiro atoms. The molecule has 1 atom stereocenters. The lowest BCUT2D eigenvalue weighted by Crippen LogP contribution is -2.28. The van der Waals surface area contributed by atoms with Crippen molar-refractivity contribution in [2.45, 2.75) is 18.1 Å². The molecule has 1 amide bonds. The van der Waals surface area contributed by atoms with Crippen molar-refractivity contribution >= 4 is 40.9 Å². The summed E-state index contributed by atoms with van der Waals surface area (Å²) in [6.45, 7) is 1.88. The lowest BCUT2D eigenvalue weighted by atomic mass is 10.1. The Hall–Kier alpha value is -2.87. The Morgan fingerprint density at radius 2 is 1.91 bits per heavy atom. The van der Waals surface area contributed by atoms with Crippen molar-refractivity contribution in [2.75, 3.05) is 5.75 Å². The van der Waals surface area contributed by atoms with Crippen molar-refractivity contribution in [1.82, 2.24) is 25.1 Å². The Balaban J connectivity index is 1.52. The number of benzene rings is 2. The van der Waals surface area contributed by atoms with Crippen LogP contribution in [0.5, 0.6) is 0 Å². The van der Waals surface area contributed by atoms with Crippen LogP contribution in [0.3, 0.4) is 0 Å². The fourth-order valence-electron chi connectivity index (χ4n) is 3.20. The molecule has 0 fully saturated rings. The maximum absolute atomic E-state index is 12.6. The van der Waals surface area contributed by atoms with Gasteiger partial charge in [0.25, 0.3) is 0 Å². The average molecular weight is 484 g/mol. The van der Waals surface area contributed by atoms with Gasteiger partial charge < -0.3 is 5.32 Å². The Morgan fingerprint density at radius 3 is 2.62 bits per heavy atom. The van der Waals surface area contributed by atoms with Gasteiger partial charge in [0.1, 0.15) is 0 Å². The number of rotatable bonds is 7. The summed E-state index contributed by atoms with van der Waals surface area (Å²) < 4.78 is 1.93. The Morgan fingerprint density at radius 1 is 1.09 bits per heavy atom. The van der Waals surface area contributed by atoms with Gasteiger partial charge in [-0.05, 0) is 48.9 Å². The van der Waals surface area contributed by atoms with Crippen LogP contribution in [0.4, 0.5) is 0 Å². The lowest BCUT2D eigenvalue weighted by molar-refractivity contribution is -0.119. The molecular formula is C23H19Cl2N5OS. The molecule has 1 unspecified atom stereocenters. The number of halogens is 2. The number of hydrogen-bond donors (Lipinski definition) is 1.